The third-order valence-corrected chi connectivity index (χ3v) is 4.73. The van der Waals surface area contributed by atoms with E-state index in [0.29, 0.717) is 11.4 Å². The molecule has 1 saturated heterocycles. The molecule has 1 aliphatic rings. The molecule has 3 aromatic rings. The molecule has 0 radical (unpaired) electrons. The maximum Gasteiger partial charge on any atom is 0.414 e. The number of hydrogen-bond donors (Lipinski definition) is 1. The second kappa shape index (κ2) is 9.42. The number of rotatable bonds is 7. The first-order valence-corrected chi connectivity index (χ1v) is 9.89. The number of anilines is 1. The number of cyclic esters (lactones) is 1. The van der Waals surface area contributed by atoms with Crippen molar-refractivity contribution < 1.29 is 28.2 Å². The second-order valence-corrected chi connectivity index (χ2v) is 7.13. The molecule has 2 aromatic heterocycles. The standard InChI is InChI=1S/C21H19FN6O5/c1-13(29)25-7-16-10-28(21(31)33-16)15-2-3-19(17(22)6-15)27-9-14(26-12-27)11-32-20(30)18-8-23-4-5-24-18/h2-6,8-9,12,16H,7,10-11H2,1H3,(H,25,29)/t16-/m0/s1. The van der Waals surface area contributed by atoms with Gasteiger partial charge in [-0.05, 0) is 18.2 Å². The minimum absolute atomic E-state index is 0.0679. The summed E-state index contributed by atoms with van der Waals surface area (Å²) in [4.78, 5) is 48.2. The first-order chi connectivity index (χ1) is 15.9. The van der Waals surface area contributed by atoms with Gasteiger partial charge in [-0.25, -0.2) is 23.9 Å². The number of amides is 2. The quantitative estimate of drug-likeness (QED) is 0.534. The van der Waals surface area contributed by atoms with Gasteiger partial charge in [0, 0.05) is 25.5 Å². The van der Waals surface area contributed by atoms with Gasteiger partial charge in [0.05, 0.1) is 42.7 Å². The van der Waals surface area contributed by atoms with Crippen molar-refractivity contribution >= 4 is 23.7 Å². The Morgan fingerprint density at radius 3 is 2.88 bits per heavy atom. The smallest absolute Gasteiger partial charge is 0.414 e. The number of hydrogen-bond acceptors (Lipinski definition) is 8. The monoisotopic (exact) mass is 454 g/mol. The average Bonchev–Trinajstić information content (AvgIpc) is 3.43. The van der Waals surface area contributed by atoms with Gasteiger partial charge in [-0.3, -0.25) is 14.7 Å². The molecule has 4 rings (SSSR count). The molecule has 1 aliphatic heterocycles. The maximum atomic E-state index is 14.8. The van der Waals surface area contributed by atoms with E-state index in [-0.39, 0.29) is 37.0 Å². The van der Waals surface area contributed by atoms with E-state index < -0.39 is 24.0 Å². The van der Waals surface area contributed by atoms with Crippen LogP contribution in [0.4, 0.5) is 14.9 Å². The molecule has 0 spiro atoms. The highest BCUT2D eigenvalue weighted by Crippen LogP contribution is 2.25. The van der Waals surface area contributed by atoms with Crippen molar-refractivity contribution in [1.29, 1.82) is 0 Å². The Morgan fingerprint density at radius 2 is 2.15 bits per heavy atom. The molecule has 0 aliphatic carbocycles. The van der Waals surface area contributed by atoms with Crippen molar-refractivity contribution in [2.24, 2.45) is 0 Å². The number of ether oxygens (including phenoxy) is 2. The summed E-state index contributed by atoms with van der Waals surface area (Å²) >= 11 is 0. The SMILES string of the molecule is CC(=O)NC[C@H]1CN(c2ccc(-n3cnc(COC(=O)c4cnccn4)c3)c(F)c2)C(=O)O1. The molecule has 1 aromatic carbocycles. The molecule has 170 valence electrons. The molecule has 0 saturated carbocycles. The largest absolute Gasteiger partial charge is 0.454 e. The highest BCUT2D eigenvalue weighted by Gasteiger charge is 2.32. The number of nitrogens with zero attached hydrogens (tertiary/aromatic N) is 5. The predicted molar refractivity (Wildman–Crippen MR) is 111 cm³/mol. The summed E-state index contributed by atoms with van der Waals surface area (Å²) in [7, 11) is 0. The van der Waals surface area contributed by atoms with Gasteiger partial charge in [-0.2, -0.15) is 0 Å². The van der Waals surface area contributed by atoms with Crippen molar-refractivity contribution in [2.75, 3.05) is 18.0 Å². The topological polar surface area (TPSA) is 129 Å². The van der Waals surface area contributed by atoms with Gasteiger partial charge in [-0.1, -0.05) is 0 Å². The normalized spacial score (nSPS) is 15.3. The highest BCUT2D eigenvalue weighted by atomic mass is 19.1. The Morgan fingerprint density at radius 1 is 1.30 bits per heavy atom. The van der Waals surface area contributed by atoms with Crippen LogP contribution >= 0.6 is 0 Å². The summed E-state index contributed by atoms with van der Waals surface area (Å²) in [5, 5.41) is 2.59. The number of aromatic nitrogens is 4. The summed E-state index contributed by atoms with van der Waals surface area (Å²) in [6.07, 6.45) is 5.87. The minimum Gasteiger partial charge on any atom is -0.454 e. The Hall–Kier alpha value is -4.35. The van der Waals surface area contributed by atoms with E-state index in [1.165, 1.54) is 59.6 Å². The van der Waals surface area contributed by atoms with Gasteiger partial charge in [0.15, 0.2) is 5.69 Å². The van der Waals surface area contributed by atoms with E-state index in [1.807, 2.05) is 0 Å². The Kier molecular flexibility index (Phi) is 6.24. The van der Waals surface area contributed by atoms with Gasteiger partial charge < -0.3 is 19.4 Å². The number of halogens is 1. The minimum atomic E-state index is -0.650. The molecular weight excluding hydrogens is 435 g/mol. The fourth-order valence-electron chi connectivity index (χ4n) is 3.16. The van der Waals surface area contributed by atoms with E-state index >= 15 is 0 Å². The first-order valence-electron chi connectivity index (χ1n) is 9.89. The molecule has 1 atom stereocenters. The lowest BCUT2D eigenvalue weighted by Crippen LogP contribution is -2.33. The van der Waals surface area contributed by atoms with Crippen LogP contribution in [0.25, 0.3) is 5.69 Å². The third kappa shape index (κ3) is 5.11. The molecule has 3 heterocycles. The lowest BCUT2D eigenvalue weighted by Gasteiger charge is -2.14. The zero-order valence-electron chi connectivity index (χ0n) is 17.5. The van der Waals surface area contributed by atoms with E-state index in [1.54, 1.807) is 6.07 Å². The molecule has 12 heteroatoms. The highest BCUT2D eigenvalue weighted by molar-refractivity contribution is 5.90. The van der Waals surface area contributed by atoms with Gasteiger partial charge in [0.25, 0.3) is 0 Å². The van der Waals surface area contributed by atoms with Crippen LogP contribution in [0.2, 0.25) is 0 Å². The summed E-state index contributed by atoms with van der Waals surface area (Å²) in [5.74, 6) is -1.48. The van der Waals surface area contributed by atoms with E-state index in [0.717, 1.165) is 0 Å². The molecule has 2 amide bonds. The summed E-state index contributed by atoms with van der Waals surface area (Å²) < 4.78 is 26.6. The van der Waals surface area contributed by atoms with Crippen molar-refractivity contribution in [1.82, 2.24) is 24.8 Å². The average molecular weight is 454 g/mol. The van der Waals surface area contributed by atoms with E-state index in [4.69, 9.17) is 9.47 Å². The van der Waals surface area contributed by atoms with Crippen molar-refractivity contribution in [3.63, 3.8) is 0 Å². The molecule has 0 unspecified atom stereocenters. The van der Waals surface area contributed by atoms with Crippen LogP contribution in [0, 0.1) is 5.82 Å². The van der Waals surface area contributed by atoms with Gasteiger partial charge >= 0.3 is 12.1 Å². The number of carbonyl (C=O) groups excluding carboxylic acids is 3. The van der Waals surface area contributed by atoms with Crippen LogP contribution in [0.1, 0.15) is 23.1 Å². The molecule has 1 N–H and O–H groups in total. The van der Waals surface area contributed by atoms with Gasteiger partial charge in [0.1, 0.15) is 18.5 Å². The second-order valence-electron chi connectivity index (χ2n) is 7.13. The van der Waals surface area contributed by atoms with Crippen LogP contribution < -0.4 is 10.2 Å². The van der Waals surface area contributed by atoms with Gasteiger partial charge in [-0.15, -0.1) is 0 Å². The van der Waals surface area contributed by atoms with Crippen molar-refractivity contribution in [3.8, 4) is 5.69 Å². The predicted octanol–water partition coefficient (Wildman–Crippen LogP) is 1.62. The fraction of sp³-hybridized carbons (Fsp3) is 0.238. The molecule has 1 fully saturated rings. The van der Waals surface area contributed by atoms with Crippen LogP contribution in [0.15, 0.2) is 49.3 Å². The molecule has 33 heavy (non-hydrogen) atoms. The van der Waals surface area contributed by atoms with Crippen molar-refractivity contribution in [3.05, 3.63) is 66.5 Å². The van der Waals surface area contributed by atoms with Gasteiger partial charge in [0.2, 0.25) is 5.91 Å². The van der Waals surface area contributed by atoms with Crippen LogP contribution in [-0.4, -0.2) is 56.7 Å². The lowest BCUT2D eigenvalue weighted by molar-refractivity contribution is -0.119. The number of imidazole rings is 1. The zero-order valence-corrected chi connectivity index (χ0v) is 17.5. The number of esters is 1. The van der Waals surface area contributed by atoms with Crippen molar-refractivity contribution in [2.45, 2.75) is 19.6 Å². The Balaban J connectivity index is 1.40. The summed E-state index contributed by atoms with van der Waals surface area (Å²) in [5.41, 5.74) is 0.989. The van der Waals surface area contributed by atoms with Crippen LogP contribution in [0.3, 0.4) is 0 Å². The van der Waals surface area contributed by atoms with E-state index in [2.05, 4.69) is 20.3 Å². The maximum absolute atomic E-state index is 14.8. The molecule has 0 bridgehead atoms. The van der Waals surface area contributed by atoms with Crippen LogP contribution in [0.5, 0.6) is 0 Å². The fourth-order valence-corrected chi connectivity index (χ4v) is 3.16. The first kappa shape index (κ1) is 21.9. The van der Waals surface area contributed by atoms with E-state index in [9.17, 15) is 18.8 Å². The zero-order chi connectivity index (χ0) is 23.4. The lowest BCUT2D eigenvalue weighted by atomic mass is 10.2. The molecule has 11 nitrogen and oxygen atoms in total. The Labute approximate surface area is 187 Å². The number of carbonyl (C=O) groups is 3. The van der Waals surface area contributed by atoms with Crippen LogP contribution in [-0.2, 0) is 20.9 Å². The number of nitrogens with one attached hydrogen (secondary N) is 1. The Bertz CT molecular complexity index is 1180. The summed E-state index contributed by atoms with van der Waals surface area (Å²) in [6, 6.07) is 4.29. The number of benzene rings is 1. The summed E-state index contributed by atoms with van der Waals surface area (Å²) in [6.45, 7) is 1.60. The third-order valence-electron chi connectivity index (χ3n) is 4.73. The molecular formula is C21H19FN6O5.